The molecular weight excluding hydrogens is 287 g/mol. The zero-order chi connectivity index (χ0) is 12.4. The molecule has 0 aliphatic carbocycles. The van der Waals surface area contributed by atoms with Gasteiger partial charge in [-0.2, -0.15) is 5.10 Å². The maximum absolute atomic E-state index is 13.5. The molecule has 5 heteroatoms. The molecule has 0 bridgehead atoms. The summed E-state index contributed by atoms with van der Waals surface area (Å²) in [6.07, 6.45) is 3.50. The van der Waals surface area contributed by atoms with Crippen LogP contribution in [0.3, 0.4) is 0 Å². The van der Waals surface area contributed by atoms with Gasteiger partial charge >= 0.3 is 0 Å². The standard InChI is InChI=1S/C12H10BrFN2O/c1-16-7-8(6-15-16)4-12(17)10-5-9(13)2-3-11(10)14/h2-3,5-7H,4H2,1H3. The van der Waals surface area contributed by atoms with E-state index in [4.69, 9.17) is 0 Å². The summed E-state index contributed by atoms with van der Waals surface area (Å²) in [4.78, 5) is 11.9. The molecule has 0 aliphatic heterocycles. The molecule has 0 saturated heterocycles. The molecular formula is C12H10BrFN2O. The van der Waals surface area contributed by atoms with Gasteiger partial charge in [0.2, 0.25) is 0 Å². The average molecular weight is 297 g/mol. The van der Waals surface area contributed by atoms with Crippen molar-refractivity contribution in [1.29, 1.82) is 0 Å². The SMILES string of the molecule is Cn1cc(CC(=O)c2cc(Br)ccc2F)cn1. The zero-order valence-corrected chi connectivity index (χ0v) is 10.7. The first-order valence-electron chi connectivity index (χ1n) is 5.02. The number of carbonyl (C=O) groups is 1. The van der Waals surface area contributed by atoms with Gasteiger partial charge in [0.15, 0.2) is 5.78 Å². The Labute approximate surface area is 106 Å². The lowest BCUT2D eigenvalue weighted by atomic mass is 10.1. The zero-order valence-electron chi connectivity index (χ0n) is 9.15. The first-order chi connectivity index (χ1) is 8.06. The Bertz CT molecular complexity index is 565. The van der Waals surface area contributed by atoms with Crippen molar-refractivity contribution < 1.29 is 9.18 Å². The fourth-order valence-corrected chi connectivity index (χ4v) is 1.92. The van der Waals surface area contributed by atoms with E-state index < -0.39 is 5.82 Å². The molecule has 3 nitrogen and oxygen atoms in total. The summed E-state index contributed by atoms with van der Waals surface area (Å²) in [5, 5.41) is 3.96. The molecule has 0 saturated carbocycles. The summed E-state index contributed by atoms with van der Waals surface area (Å²) in [5.74, 6) is -0.751. The third-order valence-electron chi connectivity index (χ3n) is 2.35. The van der Waals surface area contributed by atoms with Crippen LogP contribution in [0.15, 0.2) is 35.1 Å². The van der Waals surface area contributed by atoms with Gasteiger partial charge in [0, 0.05) is 24.1 Å². The van der Waals surface area contributed by atoms with Gasteiger partial charge in [0.05, 0.1) is 11.8 Å². The number of Topliss-reactive ketones (excluding diaryl/α,β-unsaturated/α-hetero) is 1. The average Bonchev–Trinajstić information content (AvgIpc) is 2.67. The smallest absolute Gasteiger partial charge is 0.170 e. The highest BCUT2D eigenvalue weighted by atomic mass is 79.9. The van der Waals surface area contributed by atoms with Crippen LogP contribution in [-0.4, -0.2) is 15.6 Å². The first kappa shape index (κ1) is 12.0. The van der Waals surface area contributed by atoms with Crippen LogP contribution in [0.25, 0.3) is 0 Å². The van der Waals surface area contributed by atoms with Crippen molar-refractivity contribution in [2.24, 2.45) is 7.05 Å². The molecule has 0 N–H and O–H groups in total. The van der Waals surface area contributed by atoms with Gasteiger partial charge in [-0.05, 0) is 23.8 Å². The minimum absolute atomic E-state index is 0.100. The van der Waals surface area contributed by atoms with E-state index in [0.29, 0.717) is 4.47 Å². The van der Waals surface area contributed by atoms with Crippen LogP contribution in [0.5, 0.6) is 0 Å². The Morgan fingerprint density at radius 3 is 2.94 bits per heavy atom. The molecule has 17 heavy (non-hydrogen) atoms. The molecule has 0 radical (unpaired) electrons. The van der Waals surface area contributed by atoms with E-state index in [1.165, 1.54) is 12.1 Å². The number of halogens is 2. The molecule has 1 aromatic heterocycles. The normalized spacial score (nSPS) is 10.5. The number of aromatic nitrogens is 2. The van der Waals surface area contributed by atoms with Crippen LogP contribution in [0.1, 0.15) is 15.9 Å². The van der Waals surface area contributed by atoms with Crippen LogP contribution in [0.2, 0.25) is 0 Å². The van der Waals surface area contributed by atoms with Crippen molar-refractivity contribution >= 4 is 21.7 Å². The minimum Gasteiger partial charge on any atom is -0.294 e. The Kier molecular flexibility index (Phi) is 3.38. The van der Waals surface area contributed by atoms with Gasteiger partial charge in [-0.25, -0.2) is 4.39 Å². The lowest BCUT2D eigenvalue weighted by molar-refractivity contribution is 0.0989. The molecule has 0 fully saturated rings. The van der Waals surface area contributed by atoms with E-state index in [-0.39, 0.29) is 17.8 Å². The Balaban J connectivity index is 2.22. The number of carbonyl (C=O) groups excluding carboxylic acids is 1. The van der Waals surface area contributed by atoms with Gasteiger partial charge in [0.1, 0.15) is 5.82 Å². The second-order valence-electron chi connectivity index (χ2n) is 3.75. The van der Waals surface area contributed by atoms with E-state index >= 15 is 0 Å². The molecule has 0 unspecified atom stereocenters. The molecule has 2 aromatic rings. The van der Waals surface area contributed by atoms with Crippen molar-refractivity contribution in [1.82, 2.24) is 9.78 Å². The maximum Gasteiger partial charge on any atom is 0.170 e. The number of rotatable bonds is 3. The van der Waals surface area contributed by atoms with Crippen molar-refractivity contribution in [3.8, 4) is 0 Å². The number of hydrogen-bond donors (Lipinski definition) is 0. The van der Waals surface area contributed by atoms with Crippen LogP contribution >= 0.6 is 15.9 Å². The molecule has 2 rings (SSSR count). The molecule has 0 atom stereocenters. The Morgan fingerprint density at radius 1 is 1.53 bits per heavy atom. The van der Waals surface area contributed by atoms with Crippen LogP contribution in [0, 0.1) is 5.82 Å². The monoisotopic (exact) mass is 296 g/mol. The summed E-state index contributed by atoms with van der Waals surface area (Å²) < 4.78 is 15.8. The molecule has 0 spiro atoms. The van der Waals surface area contributed by atoms with Crippen molar-refractivity contribution in [2.75, 3.05) is 0 Å². The van der Waals surface area contributed by atoms with Gasteiger partial charge in [-0.15, -0.1) is 0 Å². The fourth-order valence-electron chi connectivity index (χ4n) is 1.55. The lowest BCUT2D eigenvalue weighted by Gasteiger charge is -2.02. The molecule has 0 amide bonds. The Morgan fingerprint density at radius 2 is 2.29 bits per heavy atom. The van der Waals surface area contributed by atoms with Crippen molar-refractivity contribution in [3.05, 3.63) is 52.0 Å². The van der Waals surface area contributed by atoms with E-state index in [1.807, 2.05) is 0 Å². The molecule has 0 aliphatic rings. The van der Waals surface area contributed by atoms with Crippen LogP contribution < -0.4 is 0 Å². The summed E-state index contributed by atoms with van der Waals surface area (Å²) in [7, 11) is 1.77. The molecule has 88 valence electrons. The quantitative estimate of drug-likeness (QED) is 0.817. The highest BCUT2D eigenvalue weighted by Crippen LogP contribution is 2.17. The number of benzene rings is 1. The van der Waals surface area contributed by atoms with E-state index in [0.717, 1.165) is 5.56 Å². The summed E-state index contributed by atoms with van der Waals surface area (Å²) >= 11 is 3.22. The van der Waals surface area contributed by atoms with E-state index in [9.17, 15) is 9.18 Å². The minimum atomic E-state index is -0.498. The number of aryl methyl sites for hydroxylation is 1. The lowest BCUT2D eigenvalue weighted by Crippen LogP contribution is -2.05. The second-order valence-corrected chi connectivity index (χ2v) is 4.66. The maximum atomic E-state index is 13.5. The van der Waals surface area contributed by atoms with Crippen molar-refractivity contribution in [3.63, 3.8) is 0 Å². The molecule has 1 heterocycles. The van der Waals surface area contributed by atoms with Crippen molar-refractivity contribution in [2.45, 2.75) is 6.42 Å². The molecule has 1 aromatic carbocycles. The highest BCUT2D eigenvalue weighted by Gasteiger charge is 2.13. The Hall–Kier alpha value is -1.49. The third-order valence-corrected chi connectivity index (χ3v) is 2.85. The topological polar surface area (TPSA) is 34.9 Å². The predicted octanol–water partition coefficient (Wildman–Crippen LogP) is 2.75. The van der Waals surface area contributed by atoms with E-state index in [1.54, 1.807) is 30.2 Å². The first-order valence-corrected chi connectivity index (χ1v) is 5.81. The van der Waals surface area contributed by atoms with Gasteiger partial charge in [0.25, 0.3) is 0 Å². The van der Waals surface area contributed by atoms with Crippen LogP contribution in [-0.2, 0) is 13.5 Å². The van der Waals surface area contributed by atoms with Crippen LogP contribution in [0.4, 0.5) is 4.39 Å². The number of hydrogen-bond acceptors (Lipinski definition) is 2. The third kappa shape index (κ3) is 2.79. The van der Waals surface area contributed by atoms with E-state index in [2.05, 4.69) is 21.0 Å². The van der Waals surface area contributed by atoms with Gasteiger partial charge in [-0.1, -0.05) is 15.9 Å². The highest BCUT2D eigenvalue weighted by molar-refractivity contribution is 9.10. The summed E-state index contributed by atoms with van der Waals surface area (Å²) in [6, 6.07) is 4.34. The fraction of sp³-hybridized carbons (Fsp3) is 0.167. The number of nitrogens with zero attached hydrogens (tertiary/aromatic N) is 2. The summed E-state index contributed by atoms with van der Waals surface area (Å²) in [6.45, 7) is 0. The largest absolute Gasteiger partial charge is 0.294 e. The predicted molar refractivity (Wildman–Crippen MR) is 65.3 cm³/mol. The van der Waals surface area contributed by atoms with Gasteiger partial charge in [-0.3, -0.25) is 9.48 Å². The summed E-state index contributed by atoms with van der Waals surface area (Å²) in [5.41, 5.74) is 0.875. The van der Waals surface area contributed by atoms with Gasteiger partial charge < -0.3 is 0 Å². The second kappa shape index (κ2) is 4.79. The number of ketones is 1.